The molecule has 0 bridgehead atoms. The highest BCUT2D eigenvalue weighted by Gasteiger charge is 2.54. The Balaban J connectivity index is 1.04. The molecule has 7 N–H and O–H groups in total. The van der Waals surface area contributed by atoms with Crippen LogP contribution in [0.5, 0.6) is 11.5 Å². The summed E-state index contributed by atoms with van der Waals surface area (Å²) in [5.41, 5.74) is 8.04. The van der Waals surface area contributed by atoms with Gasteiger partial charge in [-0.15, -0.1) is 23.1 Å². The van der Waals surface area contributed by atoms with Gasteiger partial charge in [0.25, 0.3) is 11.8 Å². The Morgan fingerprint density at radius 1 is 1.11 bits per heavy atom. The number of hydrogen-bond acceptors (Lipinski definition) is 12. The van der Waals surface area contributed by atoms with Crippen molar-refractivity contribution in [3.05, 3.63) is 87.1 Å². The number of aromatic hydroxyl groups is 2. The quantitative estimate of drug-likeness (QED) is 0.0507. The van der Waals surface area contributed by atoms with Gasteiger partial charge in [0.05, 0.1) is 12.6 Å². The number of nitrogen functional groups attached to an aromatic ring is 1. The number of phenolic OH excluding ortho intramolecular Hbond substituents is 2. The normalized spacial score (nSPS) is 22.8. The number of carboxylic acid groups (broad SMARTS) is 2. The van der Waals surface area contributed by atoms with E-state index < -0.39 is 40.8 Å². The van der Waals surface area contributed by atoms with E-state index in [1.807, 2.05) is 18.2 Å². The predicted octanol–water partition coefficient (Wildman–Crippen LogP) is 3.80. The molecule has 0 spiro atoms. The van der Waals surface area contributed by atoms with Crippen LogP contribution in [0.15, 0.2) is 64.3 Å². The van der Waals surface area contributed by atoms with E-state index in [1.54, 1.807) is 18.2 Å². The van der Waals surface area contributed by atoms with Crippen molar-refractivity contribution in [1.29, 1.82) is 0 Å². The smallest absolute Gasteiger partial charge is 0.352 e. The standard InChI is InChI=1S/C38H40N6O9S2/c1-38(2,36(51)52)53-42-29(26-19-55-37(39)40-26)32(47)41-30-33(48)43-31(35(49)50)23(18-54-34(30)43)11-10-20-6-8-21(9-7-20)16-44(25-4-3-5-25)13-12-22-14-27(45)28(46)15-24(22)17-44/h6-11,14-15,19,25,30,34H,3-5,12-13,16-18H2,1-2H3,(H6-,39,40,41,42,45,46,47,49,50,51,52)/p+1/b11-10+/t30-,34-,44?/m1/s1. The molecule has 1 saturated heterocycles. The number of oxime groups is 1. The number of hydrogen-bond donors (Lipinski definition) is 6. The van der Waals surface area contributed by atoms with Gasteiger partial charge in [-0.3, -0.25) is 14.5 Å². The van der Waals surface area contributed by atoms with Gasteiger partial charge in [0.2, 0.25) is 5.60 Å². The molecule has 3 atom stereocenters. The number of nitrogens with zero attached hydrogens (tertiary/aromatic N) is 4. The Hall–Kier alpha value is -5.39. The fourth-order valence-corrected chi connectivity index (χ4v) is 9.26. The lowest BCUT2D eigenvalue weighted by Crippen LogP contribution is -2.71. The van der Waals surface area contributed by atoms with Crippen molar-refractivity contribution in [1.82, 2.24) is 15.2 Å². The number of thiazole rings is 1. The number of carboxylic acids is 2. The van der Waals surface area contributed by atoms with Crippen LogP contribution in [0.2, 0.25) is 0 Å². The van der Waals surface area contributed by atoms with Crippen LogP contribution in [0.4, 0.5) is 5.13 Å². The van der Waals surface area contributed by atoms with E-state index in [2.05, 4.69) is 27.6 Å². The fourth-order valence-electron chi connectivity index (χ4n) is 7.39. The molecule has 0 radical (unpaired) electrons. The maximum Gasteiger partial charge on any atom is 0.352 e. The molecule has 1 aromatic heterocycles. The number of carbonyl (C=O) groups is 4. The van der Waals surface area contributed by atoms with E-state index in [9.17, 15) is 39.6 Å². The Labute approximate surface area is 324 Å². The molecule has 4 aliphatic rings. The molecule has 17 heteroatoms. The van der Waals surface area contributed by atoms with Gasteiger partial charge in [-0.25, -0.2) is 14.6 Å². The molecule has 2 amide bonds. The molecular formula is C38H41N6O9S2+. The summed E-state index contributed by atoms with van der Waals surface area (Å²) in [6.07, 6.45) is 7.86. The van der Waals surface area contributed by atoms with Crippen LogP contribution in [-0.4, -0.2) is 99.6 Å². The summed E-state index contributed by atoms with van der Waals surface area (Å²) < 4.78 is 0.898. The van der Waals surface area contributed by atoms with E-state index in [1.165, 1.54) is 43.0 Å². The van der Waals surface area contributed by atoms with Crippen molar-refractivity contribution in [3.63, 3.8) is 0 Å². The zero-order valence-corrected chi connectivity index (χ0v) is 31.7. The summed E-state index contributed by atoms with van der Waals surface area (Å²) in [5, 5.41) is 47.1. The number of fused-ring (bicyclic) bond motifs is 2. The second-order valence-corrected chi connectivity index (χ2v) is 16.7. The van der Waals surface area contributed by atoms with Crippen LogP contribution in [0.25, 0.3) is 6.08 Å². The maximum atomic E-state index is 13.4. The number of nitrogens with two attached hydrogens (primary N) is 1. The highest BCUT2D eigenvalue weighted by Crippen LogP contribution is 2.42. The lowest BCUT2D eigenvalue weighted by molar-refractivity contribution is -0.982. The number of aromatic nitrogens is 1. The third-order valence-corrected chi connectivity index (χ3v) is 12.7. The van der Waals surface area contributed by atoms with Crippen LogP contribution in [-0.2, 0) is 43.5 Å². The Morgan fingerprint density at radius 3 is 2.44 bits per heavy atom. The molecule has 1 aliphatic carbocycles. The molecule has 1 unspecified atom stereocenters. The lowest BCUT2D eigenvalue weighted by Gasteiger charge is -2.51. The van der Waals surface area contributed by atoms with Gasteiger partial charge in [-0.2, -0.15) is 0 Å². The number of benzene rings is 2. The number of amides is 2. The first kappa shape index (κ1) is 37.9. The van der Waals surface area contributed by atoms with Gasteiger partial charge < -0.3 is 40.8 Å². The Kier molecular flexibility index (Phi) is 10.1. The zero-order valence-electron chi connectivity index (χ0n) is 30.1. The minimum atomic E-state index is -1.78. The SMILES string of the molecule is CC(C)(O/N=C(\C(=O)N[C@@H]1C(=O)N2C(C(=O)O)=C(/C=C/c3ccc(C[N+]4(C5CCC5)CCc5cc(O)c(O)cc5C4)cc3)CS[C@H]12)c1csc(N)n1)C(=O)O. The molecule has 3 aliphatic heterocycles. The highest BCUT2D eigenvalue weighted by atomic mass is 32.2. The molecule has 1 saturated carbocycles. The highest BCUT2D eigenvalue weighted by molar-refractivity contribution is 8.00. The van der Waals surface area contributed by atoms with Gasteiger partial charge in [0.1, 0.15) is 35.9 Å². The minimum Gasteiger partial charge on any atom is -0.504 e. The number of nitrogens with one attached hydrogen (secondary N) is 1. The summed E-state index contributed by atoms with van der Waals surface area (Å²) >= 11 is 2.32. The van der Waals surface area contributed by atoms with E-state index in [0.717, 1.165) is 76.3 Å². The van der Waals surface area contributed by atoms with E-state index in [-0.39, 0.29) is 39.5 Å². The average molecular weight is 790 g/mol. The molecule has 288 valence electrons. The number of β-lactam (4-membered cyclic amide) rings is 1. The van der Waals surface area contributed by atoms with Gasteiger partial charge >= 0.3 is 11.9 Å². The topological polar surface area (TPSA) is 225 Å². The Morgan fingerprint density at radius 2 is 1.82 bits per heavy atom. The van der Waals surface area contributed by atoms with Crippen molar-refractivity contribution < 1.29 is 48.9 Å². The number of thioether (sulfide) groups is 1. The number of aliphatic carboxylic acids is 2. The van der Waals surface area contributed by atoms with Gasteiger partial charge in [0, 0.05) is 28.7 Å². The monoisotopic (exact) mass is 789 g/mol. The number of rotatable bonds is 12. The molecular weight excluding hydrogens is 749 g/mol. The molecule has 7 rings (SSSR count). The summed E-state index contributed by atoms with van der Waals surface area (Å²) in [4.78, 5) is 61.2. The molecule has 2 fully saturated rings. The second kappa shape index (κ2) is 14.7. The van der Waals surface area contributed by atoms with Crippen LogP contribution >= 0.6 is 23.1 Å². The maximum absolute atomic E-state index is 13.4. The van der Waals surface area contributed by atoms with Crippen LogP contribution in [0, 0.1) is 0 Å². The fraction of sp³-hybridized carbons (Fsp3) is 0.368. The first-order chi connectivity index (χ1) is 26.2. The van der Waals surface area contributed by atoms with Crippen LogP contribution in [0.3, 0.4) is 0 Å². The summed E-state index contributed by atoms with van der Waals surface area (Å²) in [7, 11) is 0. The lowest BCUT2D eigenvalue weighted by atomic mass is 9.84. The van der Waals surface area contributed by atoms with Crippen molar-refractivity contribution in [2.45, 2.75) is 75.7 Å². The number of anilines is 1. The van der Waals surface area contributed by atoms with Crippen molar-refractivity contribution in [3.8, 4) is 11.5 Å². The molecule has 2 aromatic carbocycles. The average Bonchev–Trinajstić information content (AvgIpc) is 3.55. The van der Waals surface area contributed by atoms with E-state index in [4.69, 9.17) is 10.6 Å². The van der Waals surface area contributed by atoms with E-state index in [0.29, 0.717) is 11.6 Å². The van der Waals surface area contributed by atoms with Gasteiger partial charge in [-0.05, 0) is 61.9 Å². The molecule has 55 heavy (non-hydrogen) atoms. The first-order valence-electron chi connectivity index (χ1n) is 17.8. The number of quaternary nitrogens is 1. The summed E-state index contributed by atoms with van der Waals surface area (Å²) in [6, 6.07) is 11.0. The van der Waals surface area contributed by atoms with Crippen LogP contribution < -0.4 is 11.1 Å². The second-order valence-electron chi connectivity index (χ2n) is 14.7. The minimum absolute atomic E-state index is 0.0208. The number of phenols is 2. The number of carbonyl (C=O) groups excluding carboxylic acids is 2. The molecule has 3 aromatic rings. The summed E-state index contributed by atoms with van der Waals surface area (Å²) in [6.45, 7) is 5.07. The first-order valence-corrected chi connectivity index (χ1v) is 19.7. The number of allylic oxidation sites excluding steroid dienone is 1. The van der Waals surface area contributed by atoms with Crippen LogP contribution in [0.1, 0.15) is 61.1 Å². The predicted molar refractivity (Wildman–Crippen MR) is 205 cm³/mol. The van der Waals surface area contributed by atoms with Gasteiger partial charge in [0.15, 0.2) is 22.3 Å². The van der Waals surface area contributed by atoms with Crippen molar-refractivity contribution in [2.24, 2.45) is 5.16 Å². The molecule has 4 heterocycles. The summed E-state index contributed by atoms with van der Waals surface area (Å²) in [5.74, 6) is -4.02. The van der Waals surface area contributed by atoms with Crippen molar-refractivity contribution >= 4 is 63.8 Å². The third-order valence-electron chi connectivity index (χ3n) is 10.8. The third kappa shape index (κ3) is 7.38. The van der Waals surface area contributed by atoms with E-state index >= 15 is 0 Å². The van der Waals surface area contributed by atoms with Gasteiger partial charge in [-0.1, -0.05) is 41.6 Å². The zero-order chi connectivity index (χ0) is 39.2. The molecule has 15 nitrogen and oxygen atoms in total. The largest absolute Gasteiger partial charge is 0.504 e. The Bertz CT molecular complexity index is 2160. The van der Waals surface area contributed by atoms with Crippen molar-refractivity contribution in [2.75, 3.05) is 18.0 Å².